The number of aromatic nitrogens is 2. The maximum Gasteiger partial charge on any atom is 0.144 e. The number of halogens is 1. The minimum atomic E-state index is 0.426. The number of aromatic amines is 1. The standard InChI is InChI=1S/C11H17BrN2S/c1-6(2)5-8-13-10(7(3)4)9(12)11(15)14-8/h6-7H,5H2,1-4H3,(H,13,14,15). The second kappa shape index (κ2) is 5.21. The number of H-pyrrole nitrogens is 1. The highest BCUT2D eigenvalue weighted by atomic mass is 79.9. The average molecular weight is 289 g/mol. The highest BCUT2D eigenvalue weighted by molar-refractivity contribution is 9.10. The van der Waals surface area contributed by atoms with Gasteiger partial charge in [-0.25, -0.2) is 4.98 Å². The van der Waals surface area contributed by atoms with Crippen LogP contribution < -0.4 is 0 Å². The van der Waals surface area contributed by atoms with Crippen molar-refractivity contribution in [2.45, 2.75) is 40.0 Å². The van der Waals surface area contributed by atoms with Gasteiger partial charge in [0.15, 0.2) is 0 Å². The summed E-state index contributed by atoms with van der Waals surface area (Å²) in [6.07, 6.45) is 0.941. The van der Waals surface area contributed by atoms with Gasteiger partial charge >= 0.3 is 0 Å². The van der Waals surface area contributed by atoms with Gasteiger partial charge in [0.2, 0.25) is 0 Å². The highest BCUT2D eigenvalue weighted by Crippen LogP contribution is 2.23. The maximum absolute atomic E-state index is 5.22. The quantitative estimate of drug-likeness (QED) is 0.844. The van der Waals surface area contributed by atoms with Crippen LogP contribution in [0.25, 0.3) is 0 Å². The molecule has 4 heteroatoms. The van der Waals surface area contributed by atoms with Gasteiger partial charge in [-0.3, -0.25) is 0 Å². The minimum Gasteiger partial charge on any atom is -0.346 e. The van der Waals surface area contributed by atoms with Crippen molar-refractivity contribution in [2.75, 3.05) is 0 Å². The number of hydrogen-bond donors (Lipinski definition) is 1. The minimum absolute atomic E-state index is 0.426. The Kier molecular flexibility index (Phi) is 4.46. The summed E-state index contributed by atoms with van der Waals surface area (Å²) in [7, 11) is 0. The van der Waals surface area contributed by atoms with E-state index in [1.165, 1.54) is 0 Å². The predicted molar refractivity (Wildman–Crippen MR) is 69.8 cm³/mol. The van der Waals surface area contributed by atoms with Crippen molar-refractivity contribution < 1.29 is 0 Å². The van der Waals surface area contributed by atoms with Gasteiger partial charge in [0.1, 0.15) is 10.5 Å². The molecule has 0 aromatic carbocycles. The molecule has 0 aliphatic rings. The van der Waals surface area contributed by atoms with E-state index in [9.17, 15) is 0 Å². The van der Waals surface area contributed by atoms with E-state index < -0.39 is 0 Å². The number of hydrogen-bond acceptors (Lipinski definition) is 2. The molecule has 2 nitrogen and oxygen atoms in total. The van der Waals surface area contributed by atoms with E-state index in [2.05, 4.69) is 53.6 Å². The van der Waals surface area contributed by atoms with E-state index in [4.69, 9.17) is 12.2 Å². The average Bonchev–Trinajstić information content (AvgIpc) is 2.09. The van der Waals surface area contributed by atoms with Crippen molar-refractivity contribution in [2.24, 2.45) is 5.92 Å². The molecule has 0 aliphatic heterocycles. The third-order valence-corrected chi connectivity index (χ3v) is 3.48. The molecule has 1 aromatic rings. The Hall–Kier alpha value is -0.220. The third-order valence-electron chi connectivity index (χ3n) is 2.12. The fourth-order valence-electron chi connectivity index (χ4n) is 1.41. The molecule has 84 valence electrons. The molecule has 1 N–H and O–H groups in total. The molecule has 0 unspecified atom stereocenters. The largest absolute Gasteiger partial charge is 0.346 e. The maximum atomic E-state index is 5.22. The summed E-state index contributed by atoms with van der Waals surface area (Å²) in [4.78, 5) is 7.73. The number of nitrogens with zero attached hydrogens (tertiary/aromatic N) is 1. The van der Waals surface area contributed by atoms with Crippen molar-refractivity contribution in [3.8, 4) is 0 Å². The van der Waals surface area contributed by atoms with Gasteiger partial charge in [0.05, 0.1) is 4.47 Å². The van der Waals surface area contributed by atoms with Gasteiger partial charge < -0.3 is 4.98 Å². The molecule has 1 rings (SSSR count). The van der Waals surface area contributed by atoms with E-state index >= 15 is 0 Å². The lowest BCUT2D eigenvalue weighted by Gasteiger charge is -2.12. The smallest absolute Gasteiger partial charge is 0.144 e. The van der Waals surface area contributed by atoms with Crippen molar-refractivity contribution >= 4 is 28.1 Å². The number of nitrogens with one attached hydrogen (secondary N) is 1. The second-order valence-electron chi connectivity index (χ2n) is 4.47. The van der Waals surface area contributed by atoms with E-state index in [1.54, 1.807) is 0 Å². The summed E-state index contributed by atoms with van der Waals surface area (Å²) in [6.45, 7) is 8.64. The van der Waals surface area contributed by atoms with Crippen LogP contribution in [-0.2, 0) is 6.42 Å². The summed E-state index contributed by atoms with van der Waals surface area (Å²) in [5.74, 6) is 2.00. The van der Waals surface area contributed by atoms with Crippen LogP contribution in [0.4, 0.5) is 0 Å². The summed E-state index contributed by atoms with van der Waals surface area (Å²) >= 11 is 8.71. The van der Waals surface area contributed by atoms with Gasteiger partial charge in [-0.1, -0.05) is 39.9 Å². The highest BCUT2D eigenvalue weighted by Gasteiger charge is 2.10. The van der Waals surface area contributed by atoms with E-state index in [1.807, 2.05) is 0 Å². The van der Waals surface area contributed by atoms with Gasteiger partial charge in [0, 0.05) is 12.1 Å². The van der Waals surface area contributed by atoms with Gasteiger partial charge in [-0.2, -0.15) is 0 Å². The Morgan fingerprint density at radius 2 is 1.93 bits per heavy atom. The van der Waals surface area contributed by atoms with Crippen molar-refractivity contribution in [3.63, 3.8) is 0 Å². The fourth-order valence-corrected chi connectivity index (χ4v) is 2.27. The predicted octanol–water partition coefficient (Wildman–Crippen LogP) is 4.22. The first-order valence-electron chi connectivity index (χ1n) is 5.20. The van der Waals surface area contributed by atoms with Crippen LogP contribution in [0.15, 0.2) is 4.47 Å². The first-order chi connectivity index (χ1) is 6.91. The molecule has 0 amide bonds. The molecule has 0 radical (unpaired) electrons. The Balaban J connectivity index is 3.18. The van der Waals surface area contributed by atoms with Crippen LogP contribution in [0.3, 0.4) is 0 Å². The molecule has 0 saturated carbocycles. The van der Waals surface area contributed by atoms with Crippen LogP contribution in [0, 0.1) is 10.6 Å². The lowest BCUT2D eigenvalue weighted by Crippen LogP contribution is -2.06. The zero-order valence-corrected chi connectivity index (χ0v) is 12.0. The second-order valence-corrected chi connectivity index (χ2v) is 5.65. The molecular formula is C11H17BrN2S. The Labute approximate surface area is 105 Å². The summed E-state index contributed by atoms with van der Waals surface area (Å²) in [5, 5.41) is 0. The van der Waals surface area contributed by atoms with Crippen LogP contribution in [-0.4, -0.2) is 9.97 Å². The molecule has 1 aromatic heterocycles. The van der Waals surface area contributed by atoms with Crippen LogP contribution >= 0.6 is 28.1 Å². The summed E-state index contributed by atoms with van der Waals surface area (Å²) < 4.78 is 1.59. The Morgan fingerprint density at radius 1 is 1.33 bits per heavy atom. The van der Waals surface area contributed by atoms with Crippen molar-refractivity contribution in [1.29, 1.82) is 0 Å². The SMILES string of the molecule is CC(C)Cc1nc(=S)c(Br)c(C(C)C)[nH]1. The molecule has 1 heterocycles. The lowest BCUT2D eigenvalue weighted by molar-refractivity contribution is 0.612. The zero-order valence-electron chi connectivity index (χ0n) is 9.60. The van der Waals surface area contributed by atoms with Crippen molar-refractivity contribution in [1.82, 2.24) is 9.97 Å². The van der Waals surface area contributed by atoms with Gasteiger partial charge in [0.25, 0.3) is 0 Å². The Bertz CT molecular complexity index is 396. The van der Waals surface area contributed by atoms with Gasteiger partial charge in [-0.05, 0) is 27.8 Å². The topological polar surface area (TPSA) is 28.7 Å². The molecule has 0 bridgehead atoms. The molecule has 0 spiro atoms. The van der Waals surface area contributed by atoms with Crippen LogP contribution in [0.5, 0.6) is 0 Å². The van der Waals surface area contributed by atoms with Crippen molar-refractivity contribution in [3.05, 3.63) is 20.6 Å². The van der Waals surface area contributed by atoms with Crippen LogP contribution in [0.2, 0.25) is 0 Å². The van der Waals surface area contributed by atoms with Crippen LogP contribution in [0.1, 0.15) is 45.1 Å². The fraction of sp³-hybridized carbons (Fsp3) is 0.636. The molecule has 0 aliphatic carbocycles. The molecule has 0 fully saturated rings. The molecular weight excluding hydrogens is 272 g/mol. The first kappa shape index (κ1) is 12.8. The normalized spacial score (nSPS) is 11.4. The monoisotopic (exact) mass is 288 g/mol. The van der Waals surface area contributed by atoms with E-state index in [0.29, 0.717) is 16.5 Å². The summed E-state index contributed by atoms with van der Waals surface area (Å²) in [6, 6.07) is 0. The zero-order chi connectivity index (χ0) is 11.6. The molecule has 0 saturated heterocycles. The van der Waals surface area contributed by atoms with E-state index in [-0.39, 0.29) is 0 Å². The summed E-state index contributed by atoms with van der Waals surface area (Å²) in [5.41, 5.74) is 1.14. The molecule has 15 heavy (non-hydrogen) atoms. The van der Waals surface area contributed by atoms with E-state index in [0.717, 1.165) is 22.4 Å². The molecule has 0 atom stereocenters. The first-order valence-corrected chi connectivity index (χ1v) is 6.40. The third kappa shape index (κ3) is 3.38. The number of rotatable bonds is 3. The lowest BCUT2D eigenvalue weighted by atomic mass is 10.1. The van der Waals surface area contributed by atoms with Gasteiger partial charge in [-0.15, -0.1) is 0 Å². The Morgan fingerprint density at radius 3 is 2.40 bits per heavy atom.